The summed E-state index contributed by atoms with van der Waals surface area (Å²) in [4.78, 5) is 8.28. The summed E-state index contributed by atoms with van der Waals surface area (Å²) in [6, 6.07) is 1.81. The van der Waals surface area contributed by atoms with Crippen LogP contribution in [0, 0.1) is 5.92 Å². The number of hydrogen-bond acceptors (Lipinski definition) is 4. The van der Waals surface area contributed by atoms with Gasteiger partial charge in [0, 0.05) is 18.9 Å². The minimum Gasteiger partial charge on any atom is -0.389 e. The van der Waals surface area contributed by atoms with Gasteiger partial charge in [0.2, 0.25) is 0 Å². The molecule has 1 aliphatic carbocycles. The monoisotopic (exact) mass is 235 g/mol. The van der Waals surface area contributed by atoms with Crippen LogP contribution >= 0.6 is 0 Å². The van der Waals surface area contributed by atoms with Crippen molar-refractivity contribution in [3.8, 4) is 0 Å². The largest absolute Gasteiger partial charge is 0.389 e. The lowest BCUT2D eigenvalue weighted by molar-refractivity contribution is -0.00641. The minimum absolute atomic E-state index is 0.526. The van der Waals surface area contributed by atoms with E-state index in [1.165, 1.54) is 0 Å². The van der Waals surface area contributed by atoms with Crippen molar-refractivity contribution in [3.63, 3.8) is 0 Å². The van der Waals surface area contributed by atoms with Gasteiger partial charge in [-0.1, -0.05) is 6.92 Å². The van der Waals surface area contributed by atoms with Crippen LogP contribution in [0.2, 0.25) is 0 Å². The fourth-order valence-corrected chi connectivity index (χ4v) is 2.30. The van der Waals surface area contributed by atoms with Crippen LogP contribution in [0.5, 0.6) is 0 Å². The van der Waals surface area contributed by atoms with Gasteiger partial charge in [0.1, 0.15) is 5.82 Å². The highest BCUT2D eigenvalue weighted by Crippen LogP contribution is 2.31. The third-order valence-electron chi connectivity index (χ3n) is 3.56. The van der Waals surface area contributed by atoms with E-state index in [0.29, 0.717) is 13.1 Å². The van der Waals surface area contributed by atoms with E-state index < -0.39 is 5.60 Å². The number of hydrogen-bond donors (Lipinski definition) is 2. The molecule has 0 radical (unpaired) electrons. The van der Waals surface area contributed by atoms with Crippen LogP contribution < -0.4 is 5.32 Å². The summed E-state index contributed by atoms with van der Waals surface area (Å²) in [5, 5.41) is 13.6. The molecule has 0 unspecified atom stereocenters. The predicted molar refractivity (Wildman–Crippen MR) is 66.3 cm³/mol. The Hall–Kier alpha value is -1.00. The Morgan fingerprint density at radius 1 is 1.35 bits per heavy atom. The third-order valence-corrected chi connectivity index (χ3v) is 3.56. The fraction of sp³-hybridized carbons (Fsp3) is 0.692. The maximum absolute atomic E-state index is 10.4. The predicted octanol–water partition coefficient (Wildman–Crippen LogP) is 1.51. The van der Waals surface area contributed by atoms with Crippen molar-refractivity contribution in [2.24, 2.45) is 5.92 Å². The first-order valence-electron chi connectivity index (χ1n) is 6.37. The second kappa shape index (κ2) is 5.56. The Balaban J connectivity index is 1.75. The molecule has 4 heteroatoms. The molecule has 2 N–H and O–H groups in total. The SMILES string of the molecule is CC1CCC(O)(CNCc2ncccn2)CC1. The van der Waals surface area contributed by atoms with Gasteiger partial charge in [-0.15, -0.1) is 0 Å². The molecule has 94 valence electrons. The second-order valence-corrected chi connectivity index (χ2v) is 5.18. The van der Waals surface area contributed by atoms with Crippen LogP contribution in [0.15, 0.2) is 18.5 Å². The van der Waals surface area contributed by atoms with Crippen LogP contribution in [-0.4, -0.2) is 27.2 Å². The van der Waals surface area contributed by atoms with Crippen molar-refractivity contribution >= 4 is 0 Å². The highest BCUT2D eigenvalue weighted by molar-refractivity contribution is 4.90. The number of nitrogens with zero attached hydrogens (tertiary/aromatic N) is 2. The van der Waals surface area contributed by atoms with E-state index in [1.807, 2.05) is 0 Å². The average molecular weight is 235 g/mol. The molecule has 0 aromatic carbocycles. The Bertz CT molecular complexity index is 334. The van der Waals surface area contributed by atoms with Gasteiger partial charge in [-0.3, -0.25) is 0 Å². The van der Waals surface area contributed by atoms with Gasteiger partial charge in [0.05, 0.1) is 12.1 Å². The number of nitrogens with one attached hydrogen (secondary N) is 1. The van der Waals surface area contributed by atoms with Crippen molar-refractivity contribution in [3.05, 3.63) is 24.3 Å². The molecule has 4 nitrogen and oxygen atoms in total. The minimum atomic E-state index is -0.526. The molecule has 0 amide bonds. The van der Waals surface area contributed by atoms with Gasteiger partial charge in [0.25, 0.3) is 0 Å². The highest BCUT2D eigenvalue weighted by atomic mass is 16.3. The second-order valence-electron chi connectivity index (χ2n) is 5.18. The van der Waals surface area contributed by atoms with Crippen LogP contribution in [0.3, 0.4) is 0 Å². The molecular weight excluding hydrogens is 214 g/mol. The topological polar surface area (TPSA) is 58.0 Å². The summed E-state index contributed by atoms with van der Waals surface area (Å²) in [6.07, 6.45) is 7.52. The molecule has 1 fully saturated rings. The van der Waals surface area contributed by atoms with E-state index in [9.17, 15) is 5.11 Å². The lowest BCUT2D eigenvalue weighted by Crippen LogP contribution is -2.43. The lowest BCUT2D eigenvalue weighted by atomic mass is 9.79. The van der Waals surface area contributed by atoms with Gasteiger partial charge >= 0.3 is 0 Å². The molecule has 2 rings (SSSR count). The van der Waals surface area contributed by atoms with Crippen molar-refractivity contribution in [2.45, 2.75) is 44.8 Å². The first kappa shape index (κ1) is 12.5. The zero-order valence-electron chi connectivity index (χ0n) is 10.4. The summed E-state index contributed by atoms with van der Waals surface area (Å²) < 4.78 is 0. The first-order chi connectivity index (χ1) is 8.18. The molecule has 1 heterocycles. The van der Waals surface area contributed by atoms with Crippen molar-refractivity contribution in [1.82, 2.24) is 15.3 Å². The Labute approximate surface area is 102 Å². The summed E-state index contributed by atoms with van der Waals surface area (Å²) in [5.74, 6) is 1.54. The highest BCUT2D eigenvalue weighted by Gasteiger charge is 2.31. The molecule has 1 saturated carbocycles. The summed E-state index contributed by atoms with van der Waals surface area (Å²) in [7, 11) is 0. The lowest BCUT2D eigenvalue weighted by Gasteiger charge is -2.35. The average Bonchev–Trinajstić information content (AvgIpc) is 2.35. The van der Waals surface area contributed by atoms with Crippen molar-refractivity contribution < 1.29 is 5.11 Å². The molecule has 0 aliphatic heterocycles. The standard InChI is InChI=1S/C13H21N3O/c1-11-3-5-13(17,6-4-11)10-14-9-12-15-7-2-8-16-12/h2,7-8,11,14,17H,3-6,9-10H2,1H3. The molecule has 0 atom stereocenters. The van der Waals surface area contributed by atoms with Crippen LogP contribution in [0.4, 0.5) is 0 Å². The van der Waals surface area contributed by atoms with E-state index in [-0.39, 0.29) is 0 Å². The summed E-state index contributed by atoms with van der Waals surface area (Å²) >= 11 is 0. The van der Waals surface area contributed by atoms with E-state index >= 15 is 0 Å². The van der Waals surface area contributed by atoms with Gasteiger partial charge < -0.3 is 10.4 Å². The van der Waals surface area contributed by atoms with Gasteiger partial charge in [-0.2, -0.15) is 0 Å². The van der Waals surface area contributed by atoms with E-state index in [4.69, 9.17) is 0 Å². The van der Waals surface area contributed by atoms with Gasteiger partial charge in [-0.05, 0) is 37.7 Å². The van der Waals surface area contributed by atoms with Gasteiger partial charge in [-0.25, -0.2) is 9.97 Å². The third kappa shape index (κ3) is 3.75. The molecule has 1 aromatic rings. The summed E-state index contributed by atoms with van der Waals surface area (Å²) in [6.45, 7) is 3.52. The molecule has 1 aromatic heterocycles. The quantitative estimate of drug-likeness (QED) is 0.830. The Kier molecular flexibility index (Phi) is 4.07. The van der Waals surface area contributed by atoms with Gasteiger partial charge in [0.15, 0.2) is 0 Å². The molecule has 0 saturated heterocycles. The van der Waals surface area contributed by atoms with E-state index in [2.05, 4.69) is 22.2 Å². The molecule has 0 bridgehead atoms. The van der Waals surface area contributed by atoms with Crippen LogP contribution in [-0.2, 0) is 6.54 Å². The van der Waals surface area contributed by atoms with E-state index in [0.717, 1.165) is 37.4 Å². The van der Waals surface area contributed by atoms with Crippen LogP contribution in [0.1, 0.15) is 38.4 Å². The van der Waals surface area contributed by atoms with Crippen LogP contribution in [0.25, 0.3) is 0 Å². The smallest absolute Gasteiger partial charge is 0.141 e. The normalized spacial score (nSPS) is 29.2. The summed E-state index contributed by atoms with van der Waals surface area (Å²) in [5.41, 5.74) is -0.526. The zero-order chi connectivity index (χ0) is 12.1. The number of rotatable bonds is 4. The Morgan fingerprint density at radius 2 is 2.00 bits per heavy atom. The number of aliphatic hydroxyl groups is 1. The maximum Gasteiger partial charge on any atom is 0.141 e. The van der Waals surface area contributed by atoms with Crippen molar-refractivity contribution in [1.29, 1.82) is 0 Å². The Morgan fingerprint density at radius 3 is 2.65 bits per heavy atom. The number of aromatic nitrogens is 2. The fourth-order valence-electron chi connectivity index (χ4n) is 2.30. The molecule has 17 heavy (non-hydrogen) atoms. The first-order valence-corrected chi connectivity index (χ1v) is 6.37. The maximum atomic E-state index is 10.4. The van der Waals surface area contributed by atoms with E-state index in [1.54, 1.807) is 18.5 Å². The van der Waals surface area contributed by atoms with Crippen molar-refractivity contribution in [2.75, 3.05) is 6.54 Å². The zero-order valence-corrected chi connectivity index (χ0v) is 10.4. The molecule has 0 spiro atoms. The molecular formula is C13H21N3O. The molecule has 1 aliphatic rings.